The number of nitrogens with one attached hydrogen (secondary N) is 1. The van der Waals surface area contributed by atoms with Gasteiger partial charge in [-0.05, 0) is 78.7 Å². The van der Waals surface area contributed by atoms with Crippen molar-refractivity contribution in [2.75, 3.05) is 19.0 Å². The van der Waals surface area contributed by atoms with E-state index < -0.39 is 10.8 Å². The van der Waals surface area contributed by atoms with Gasteiger partial charge in [0.05, 0.1) is 20.1 Å². The Bertz CT molecular complexity index is 1090. The first kappa shape index (κ1) is 24.1. The molecule has 0 aromatic heterocycles. The average Bonchev–Trinajstić information content (AvgIpc) is 3.21. The highest BCUT2D eigenvalue weighted by atomic mass is 16.5. The first-order valence-corrected chi connectivity index (χ1v) is 12.8. The standard InChI is InChI=1S/C29H37NO5/c1-26(2)14-13-23(31)28(4)21(26)12-15-27(3)22(28)11-10-20(29(27)16-24(32)35-17-29)25(33)30-18-6-8-19(34-5)9-7-18/h6-9,13-14,20-22H,10-12,15-17H2,1-5H3,(H,30,33)/t20-,21?,22+,27-,28+,29+/m1/s1. The van der Waals surface area contributed by atoms with Crippen molar-refractivity contribution in [3.63, 3.8) is 0 Å². The molecule has 3 aliphatic carbocycles. The van der Waals surface area contributed by atoms with Gasteiger partial charge >= 0.3 is 5.97 Å². The third-order valence-electron chi connectivity index (χ3n) is 10.4. The Kier molecular flexibility index (Phi) is 5.46. The van der Waals surface area contributed by atoms with Crippen LogP contribution in [0.3, 0.4) is 0 Å². The molecule has 188 valence electrons. The number of carbonyl (C=O) groups is 3. The lowest BCUT2D eigenvalue weighted by molar-refractivity contribution is -0.197. The summed E-state index contributed by atoms with van der Waals surface area (Å²) in [6.45, 7) is 9.08. The molecule has 1 aliphatic heterocycles. The highest BCUT2D eigenvalue weighted by molar-refractivity contribution is 5.97. The van der Waals surface area contributed by atoms with Crippen molar-refractivity contribution in [2.45, 2.75) is 59.8 Å². The Balaban J connectivity index is 1.52. The maximum absolute atomic E-state index is 13.7. The van der Waals surface area contributed by atoms with E-state index in [9.17, 15) is 14.4 Å². The number of esters is 1. The van der Waals surface area contributed by atoms with Gasteiger partial charge in [0, 0.05) is 22.4 Å². The van der Waals surface area contributed by atoms with Crippen molar-refractivity contribution < 1.29 is 23.9 Å². The van der Waals surface area contributed by atoms with E-state index in [0.717, 1.165) is 25.0 Å². The second-order valence-corrected chi connectivity index (χ2v) is 12.2. The number of fused-ring (bicyclic) bond motifs is 4. The SMILES string of the molecule is COc1ccc(NC(=O)[C@H]2CC[C@@H]3[C@@]4(C)C(=O)C=CC(C)(C)C4CC[C@@]3(C)[C@@]23COC(=O)C3)cc1. The fourth-order valence-electron chi connectivity index (χ4n) is 8.56. The molecule has 1 saturated heterocycles. The molecule has 3 fully saturated rings. The Hall–Kier alpha value is -2.63. The molecule has 1 aromatic rings. The second-order valence-electron chi connectivity index (χ2n) is 12.2. The molecule has 1 aromatic carbocycles. The van der Waals surface area contributed by atoms with Gasteiger partial charge < -0.3 is 14.8 Å². The zero-order valence-electron chi connectivity index (χ0n) is 21.5. The van der Waals surface area contributed by atoms with E-state index in [4.69, 9.17) is 9.47 Å². The minimum absolute atomic E-state index is 0.0677. The van der Waals surface area contributed by atoms with E-state index >= 15 is 0 Å². The molecule has 0 radical (unpaired) electrons. The molecule has 4 aliphatic rings. The Morgan fingerprint density at radius 3 is 2.37 bits per heavy atom. The van der Waals surface area contributed by atoms with E-state index in [-0.39, 0.29) is 59.3 Å². The largest absolute Gasteiger partial charge is 0.497 e. The van der Waals surface area contributed by atoms with Crippen molar-refractivity contribution in [1.82, 2.24) is 0 Å². The van der Waals surface area contributed by atoms with Crippen LogP contribution in [0.15, 0.2) is 36.4 Å². The number of ether oxygens (including phenoxy) is 2. The number of hydrogen-bond acceptors (Lipinski definition) is 5. The second kappa shape index (κ2) is 7.94. The van der Waals surface area contributed by atoms with Crippen molar-refractivity contribution in [3.05, 3.63) is 36.4 Å². The quantitative estimate of drug-likeness (QED) is 0.604. The topological polar surface area (TPSA) is 81.7 Å². The zero-order valence-corrected chi connectivity index (χ0v) is 21.5. The fraction of sp³-hybridized carbons (Fsp3) is 0.621. The highest BCUT2D eigenvalue weighted by Crippen LogP contribution is 2.72. The monoisotopic (exact) mass is 479 g/mol. The Morgan fingerprint density at radius 2 is 1.74 bits per heavy atom. The van der Waals surface area contributed by atoms with E-state index in [1.165, 1.54) is 0 Å². The summed E-state index contributed by atoms with van der Waals surface area (Å²) in [6.07, 6.45) is 7.30. The lowest BCUT2D eigenvalue weighted by Gasteiger charge is -2.67. The van der Waals surface area contributed by atoms with Gasteiger partial charge in [0.15, 0.2) is 5.78 Å². The lowest BCUT2D eigenvalue weighted by atomic mass is 9.35. The van der Waals surface area contributed by atoms with Gasteiger partial charge in [0.1, 0.15) is 5.75 Å². The summed E-state index contributed by atoms with van der Waals surface area (Å²) in [4.78, 5) is 39.9. The molecule has 1 spiro atoms. The van der Waals surface area contributed by atoms with Crippen LogP contribution in [-0.2, 0) is 19.1 Å². The van der Waals surface area contributed by atoms with Gasteiger partial charge in [-0.3, -0.25) is 14.4 Å². The van der Waals surface area contributed by atoms with Crippen molar-refractivity contribution >= 4 is 23.3 Å². The van der Waals surface area contributed by atoms with E-state index in [1.807, 2.05) is 24.3 Å². The van der Waals surface area contributed by atoms with Crippen molar-refractivity contribution in [2.24, 2.45) is 39.4 Å². The number of ketones is 1. The lowest BCUT2D eigenvalue weighted by Crippen LogP contribution is -2.66. The van der Waals surface area contributed by atoms with E-state index in [0.29, 0.717) is 12.1 Å². The third kappa shape index (κ3) is 3.31. The summed E-state index contributed by atoms with van der Waals surface area (Å²) in [6, 6.07) is 7.29. The smallest absolute Gasteiger partial charge is 0.306 e. The summed E-state index contributed by atoms with van der Waals surface area (Å²) in [5, 5.41) is 3.09. The molecule has 6 atom stereocenters. The van der Waals surface area contributed by atoms with Crippen LogP contribution in [0.4, 0.5) is 5.69 Å². The van der Waals surface area contributed by atoms with Crippen LogP contribution in [-0.4, -0.2) is 31.4 Å². The number of allylic oxidation sites excluding steroid dienone is 2. The van der Waals surface area contributed by atoms with Crippen LogP contribution in [0, 0.1) is 39.4 Å². The molecule has 2 saturated carbocycles. The first-order chi connectivity index (χ1) is 16.5. The normalized spacial score (nSPS) is 39.5. The van der Waals surface area contributed by atoms with Crippen molar-refractivity contribution in [1.29, 1.82) is 0 Å². The van der Waals surface area contributed by atoms with Gasteiger partial charge in [-0.25, -0.2) is 0 Å². The number of methoxy groups -OCH3 is 1. The van der Waals surface area contributed by atoms with E-state index in [2.05, 4.69) is 39.1 Å². The summed E-state index contributed by atoms with van der Waals surface area (Å²) < 4.78 is 10.9. The molecule has 5 rings (SSSR count). The first-order valence-electron chi connectivity index (χ1n) is 12.8. The molecule has 1 heterocycles. The maximum atomic E-state index is 13.7. The van der Waals surface area contributed by atoms with Gasteiger partial charge in [-0.15, -0.1) is 0 Å². The summed E-state index contributed by atoms with van der Waals surface area (Å²) in [7, 11) is 1.61. The number of cyclic esters (lactones) is 1. The minimum Gasteiger partial charge on any atom is -0.497 e. The number of anilines is 1. The van der Waals surface area contributed by atoms with Gasteiger partial charge in [0.2, 0.25) is 5.91 Å². The average molecular weight is 480 g/mol. The molecule has 1 N–H and O–H groups in total. The third-order valence-corrected chi connectivity index (χ3v) is 10.4. The molecule has 6 heteroatoms. The zero-order chi connectivity index (χ0) is 25.2. The van der Waals surface area contributed by atoms with Crippen LogP contribution >= 0.6 is 0 Å². The number of benzene rings is 1. The molecule has 35 heavy (non-hydrogen) atoms. The molecule has 1 unspecified atom stereocenters. The Morgan fingerprint density at radius 1 is 1.03 bits per heavy atom. The molecular weight excluding hydrogens is 442 g/mol. The van der Waals surface area contributed by atoms with Crippen LogP contribution in [0.5, 0.6) is 5.75 Å². The van der Waals surface area contributed by atoms with Crippen LogP contribution < -0.4 is 10.1 Å². The Labute approximate surface area is 207 Å². The number of amides is 1. The minimum atomic E-state index is -0.622. The summed E-state index contributed by atoms with van der Waals surface area (Å²) in [5.41, 5.74) is -0.860. The number of rotatable bonds is 3. The van der Waals surface area contributed by atoms with Gasteiger partial charge in [-0.1, -0.05) is 33.8 Å². The number of carbonyl (C=O) groups excluding carboxylic acids is 3. The number of hydrogen-bond donors (Lipinski definition) is 1. The van der Waals surface area contributed by atoms with Crippen LogP contribution in [0.25, 0.3) is 0 Å². The fourth-order valence-corrected chi connectivity index (χ4v) is 8.56. The van der Waals surface area contributed by atoms with Gasteiger partial charge in [-0.2, -0.15) is 0 Å². The predicted molar refractivity (Wildman–Crippen MR) is 133 cm³/mol. The predicted octanol–water partition coefficient (Wildman–Crippen LogP) is 5.18. The maximum Gasteiger partial charge on any atom is 0.306 e. The highest BCUT2D eigenvalue weighted by Gasteiger charge is 2.71. The molecule has 1 amide bonds. The van der Waals surface area contributed by atoms with Crippen LogP contribution in [0.2, 0.25) is 0 Å². The molecule has 0 bridgehead atoms. The summed E-state index contributed by atoms with van der Waals surface area (Å²) in [5.74, 6) is 0.572. The molecular formula is C29H37NO5. The molecule has 6 nitrogen and oxygen atoms in total. The van der Waals surface area contributed by atoms with Crippen molar-refractivity contribution in [3.8, 4) is 5.75 Å². The van der Waals surface area contributed by atoms with E-state index in [1.54, 1.807) is 13.2 Å². The van der Waals surface area contributed by atoms with Gasteiger partial charge in [0.25, 0.3) is 0 Å². The summed E-state index contributed by atoms with van der Waals surface area (Å²) >= 11 is 0. The van der Waals surface area contributed by atoms with Crippen LogP contribution in [0.1, 0.15) is 59.8 Å².